The molecular formula is C10H10N2S. The molecular weight excluding hydrogens is 180 g/mol. The number of hydrogen-bond donors (Lipinski definition) is 1. The molecule has 66 valence electrons. The summed E-state index contributed by atoms with van der Waals surface area (Å²) >= 11 is 4.32. The van der Waals surface area contributed by atoms with Crippen molar-refractivity contribution in [3.05, 3.63) is 30.1 Å². The summed E-state index contributed by atoms with van der Waals surface area (Å²) < 4.78 is 0. The molecule has 1 heterocycles. The first-order chi connectivity index (χ1) is 6.31. The Hall–Kier alpha value is -1.09. The van der Waals surface area contributed by atoms with Crippen LogP contribution in [0.15, 0.2) is 29.3 Å². The Morgan fingerprint density at radius 3 is 2.77 bits per heavy atom. The summed E-state index contributed by atoms with van der Waals surface area (Å²) in [6, 6.07) is 7.91. The Bertz CT molecular complexity index is 440. The van der Waals surface area contributed by atoms with Gasteiger partial charge in [-0.15, -0.1) is 12.6 Å². The van der Waals surface area contributed by atoms with E-state index in [-0.39, 0.29) is 0 Å². The van der Waals surface area contributed by atoms with Gasteiger partial charge < -0.3 is 0 Å². The van der Waals surface area contributed by atoms with E-state index in [0.717, 1.165) is 28.2 Å². The van der Waals surface area contributed by atoms with Crippen molar-refractivity contribution in [1.29, 1.82) is 0 Å². The largest absolute Gasteiger partial charge is 0.233 e. The van der Waals surface area contributed by atoms with Crippen molar-refractivity contribution in [2.75, 3.05) is 0 Å². The topological polar surface area (TPSA) is 25.8 Å². The van der Waals surface area contributed by atoms with Crippen molar-refractivity contribution < 1.29 is 0 Å². The minimum absolute atomic E-state index is 0.766. The highest BCUT2D eigenvalue weighted by Gasteiger charge is 2.01. The van der Waals surface area contributed by atoms with Crippen LogP contribution in [0.25, 0.3) is 10.9 Å². The average molecular weight is 190 g/mol. The minimum Gasteiger partial charge on any atom is -0.233 e. The van der Waals surface area contributed by atoms with Crippen molar-refractivity contribution in [3.8, 4) is 0 Å². The second-order valence-corrected chi connectivity index (χ2v) is 3.26. The van der Waals surface area contributed by atoms with E-state index in [4.69, 9.17) is 0 Å². The molecule has 0 aliphatic rings. The lowest BCUT2D eigenvalue weighted by molar-refractivity contribution is 0.918. The predicted octanol–water partition coefficient (Wildman–Crippen LogP) is 2.48. The Labute approximate surface area is 82.4 Å². The summed E-state index contributed by atoms with van der Waals surface area (Å²) in [7, 11) is 0. The first kappa shape index (κ1) is 8.51. The monoisotopic (exact) mass is 190 g/mol. The highest BCUT2D eigenvalue weighted by Crippen LogP contribution is 2.18. The molecule has 0 aliphatic carbocycles. The maximum Gasteiger partial charge on any atom is 0.130 e. The molecule has 13 heavy (non-hydrogen) atoms. The molecule has 0 saturated heterocycles. The number of hydrogen-bond acceptors (Lipinski definition) is 3. The van der Waals surface area contributed by atoms with Crippen molar-refractivity contribution in [1.82, 2.24) is 9.97 Å². The van der Waals surface area contributed by atoms with E-state index in [1.165, 1.54) is 0 Å². The molecule has 0 unspecified atom stereocenters. The molecule has 1 aromatic carbocycles. The molecule has 0 fully saturated rings. The molecule has 2 nitrogen and oxygen atoms in total. The van der Waals surface area contributed by atoms with Crippen LogP contribution in [0.3, 0.4) is 0 Å². The summed E-state index contributed by atoms with van der Waals surface area (Å²) in [5.41, 5.74) is 0.972. The molecule has 0 aliphatic heterocycles. The van der Waals surface area contributed by atoms with E-state index in [0.29, 0.717) is 0 Å². The molecule has 0 amide bonds. The van der Waals surface area contributed by atoms with Crippen LogP contribution in [0.5, 0.6) is 0 Å². The van der Waals surface area contributed by atoms with Crippen LogP contribution in [-0.4, -0.2) is 9.97 Å². The lowest BCUT2D eigenvalue weighted by Crippen LogP contribution is -1.94. The number of thiol groups is 1. The van der Waals surface area contributed by atoms with Gasteiger partial charge >= 0.3 is 0 Å². The fourth-order valence-corrected chi connectivity index (χ4v) is 1.57. The van der Waals surface area contributed by atoms with Gasteiger partial charge in [0.25, 0.3) is 0 Å². The van der Waals surface area contributed by atoms with Crippen LogP contribution in [0, 0.1) is 0 Å². The smallest absolute Gasteiger partial charge is 0.130 e. The second kappa shape index (κ2) is 3.34. The molecule has 0 N–H and O–H groups in total. The number of aromatic nitrogens is 2. The van der Waals surface area contributed by atoms with Crippen LogP contribution < -0.4 is 0 Å². The Balaban J connectivity index is 2.77. The average Bonchev–Trinajstić information content (AvgIpc) is 2.18. The molecule has 0 radical (unpaired) electrons. The summed E-state index contributed by atoms with van der Waals surface area (Å²) in [5.74, 6) is 0.851. The molecule has 0 saturated carbocycles. The molecule has 0 bridgehead atoms. The van der Waals surface area contributed by atoms with Crippen molar-refractivity contribution >= 4 is 23.5 Å². The number of para-hydroxylation sites is 1. The van der Waals surface area contributed by atoms with Crippen LogP contribution >= 0.6 is 12.6 Å². The highest BCUT2D eigenvalue weighted by molar-refractivity contribution is 7.80. The van der Waals surface area contributed by atoms with E-state index in [9.17, 15) is 0 Å². The van der Waals surface area contributed by atoms with E-state index >= 15 is 0 Å². The van der Waals surface area contributed by atoms with Crippen molar-refractivity contribution in [3.63, 3.8) is 0 Å². The highest BCUT2D eigenvalue weighted by atomic mass is 32.1. The quantitative estimate of drug-likeness (QED) is 0.552. The van der Waals surface area contributed by atoms with E-state index in [1.54, 1.807) is 0 Å². The third-order valence-corrected chi connectivity index (χ3v) is 2.29. The molecule has 0 atom stereocenters. The number of benzene rings is 1. The number of aryl methyl sites for hydroxylation is 1. The van der Waals surface area contributed by atoms with Crippen LogP contribution in [0.1, 0.15) is 12.7 Å². The van der Waals surface area contributed by atoms with Crippen LogP contribution in [-0.2, 0) is 6.42 Å². The zero-order chi connectivity index (χ0) is 9.26. The van der Waals surface area contributed by atoms with Gasteiger partial charge in [-0.05, 0) is 6.07 Å². The summed E-state index contributed by atoms with van der Waals surface area (Å²) in [4.78, 5) is 8.67. The number of nitrogens with zero attached hydrogens (tertiary/aromatic N) is 2. The third-order valence-electron chi connectivity index (χ3n) is 1.95. The Kier molecular flexibility index (Phi) is 2.19. The van der Waals surface area contributed by atoms with Gasteiger partial charge in [0.2, 0.25) is 0 Å². The lowest BCUT2D eigenvalue weighted by atomic mass is 10.2. The van der Waals surface area contributed by atoms with Gasteiger partial charge in [-0.1, -0.05) is 25.1 Å². The fraction of sp³-hybridized carbons (Fsp3) is 0.200. The SMILES string of the molecule is CCc1nc(S)c2ccccc2n1. The van der Waals surface area contributed by atoms with Crippen molar-refractivity contribution in [2.24, 2.45) is 0 Å². The number of rotatable bonds is 1. The number of fused-ring (bicyclic) bond motifs is 1. The molecule has 1 aromatic heterocycles. The van der Waals surface area contributed by atoms with Gasteiger partial charge in [-0.3, -0.25) is 0 Å². The maximum absolute atomic E-state index is 4.39. The predicted molar refractivity (Wildman–Crippen MR) is 56.2 cm³/mol. The minimum atomic E-state index is 0.766. The van der Waals surface area contributed by atoms with E-state index in [2.05, 4.69) is 22.6 Å². The van der Waals surface area contributed by atoms with Gasteiger partial charge in [0, 0.05) is 11.8 Å². The van der Waals surface area contributed by atoms with E-state index in [1.807, 2.05) is 31.2 Å². The Morgan fingerprint density at radius 1 is 1.23 bits per heavy atom. The fourth-order valence-electron chi connectivity index (χ4n) is 1.26. The van der Waals surface area contributed by atoms with Crippen LogP contribution in [0.4, 0.5) is 0 Å². The normalized spacial score (nSPS) is 10.6. The van der Waals surface area contributed by atoms with Crippen molar-refractivity contribution in [2.45, 2.75) is 18.4 Å². The molecule has 3 heteroatoms. The first-order valence-electron chi connectivity index (χ1n) is 4.26. The van der Waals surface area contributed by atoms with Gasteiger partial charge in [0.15, 0.2) is 0 Å². The summed E-state index contributed by atoms with van der Waals surface area (Å²) in [6.45, 7) is 2.04. The standard InChI is InChI=1S/C10H10N2S/c1-2-9-11-8-6-4-3-5-7(8)10(13)12-9/h3-6H,2H2,1H3,(H,11,12,13). The molecule has 0 spiro atoms. The van der Waals surface area contributed by atoms with Gasteiger partial charge in [-0.2, -0.15) is 0 Å². The zero-order valence-electron chi connectivity index (χ0n) is 7.36. The summed E-state index contributed by atoms with van der Waals surface area (Å²) in [6.07, 6.45) is 0.846. The third kappa shape index (κ3) is 1.52. The first-order valence-corrected chi connectivity index (χ1v) is 4.70. The van der Waals surface area contributed by atoms with Crippen LogP contribution in [0.2, 0.25) is 0 Å². The lowest BCUT2D eigenvalue weighted by Gasteiger charge is -2.01. The second-order valence-electron chi connectivity index (χ2n) is 2.83. The van der Waals surface area contributed by atoms with E-state index < -0.39 is 0 Å². The maximum atomic E-state index is 4.39. The van der Waals surface area contributed by atoms with Gasteiger partial charge in [-0.25, -0.2) is 9.97 Å². The molecule has 2 aromatic rings. The van der Waals surface area contributed by atoms with Gasteiger partial charge in [0.1, 0.15) is 10.9 Å². The van der Waals surface area contributed by atoms with Gasteiger partial charge in [0.05, 0.1) is 5.52 Å². The Morgan fingerprint density at radius 2 is 2.00 bits per heavy atom. The summed E-state index contributed by atoms with van der Waals surface area (Å²) in [5, 5.41) is 1.78. The zero-order valence-corrected chi connectivity index (χ0v) is 8.25. The molecule has 2 rings (SSSR count).